The van der Waals surface area contributed by atoms with Gasteiger partial charge in [0.1, 0.15) is 0 Å². The van der Waals surface area contributed by atoms with E-state index in [1.807, 2.05) is 0 Å². The van der Waals surface area contributed by atoms with Gasteiger partial charge in [0.2, 0.25) is 0 Å². The molecule has 1 unspecified atom stereocenters. The molecule has 0 aromatic heterocycles. The summed E-state index contributed by atoms with van der Waals surface area (Å²) in [6, 6.07) is 37.4. The Morgan fingerprint density at radius 3 is 1.56 bits per heavy atom. The maximum atomic E-state index is 2.44. The number of rotatable bonds is 3. The van der Waals surface area contributed by atoms with Crippen molar-refractivity contribution >= 4 is 28.2 Å². The van der Waals surface area contributed by atoms with Crippen molar-refractivity contribution < 1.29 is 0 Å². The summed E-state index contributed by atoms with van der Waals surface area (Å²) in [6.45, 7) is 9.24. The molecule has 1 spiro atoms. The van der Waals surface area contributed by atoms with Crippen molar-refractivity contribution in [2.24, 2.45) is 0 Å². The van der Waals surface area contributed by atoms with Crippen LogP contribution in [0.5, 0.6) is 0 Å². The highest BCUT2D eigenvalue weighted by atomic mass is 15.1. The summed E-state index contributed by atoms with van der Waals surface area (Å²) in [4.78, 5) is 2.36. The summed E-state index contributed by atoms with van der Waals surface area (Å²) < 4.78 is 0. The van der Waals surface area contributed by atoms with Gasteiger partial charge in [-0.05, 0) is 97.5 Å². The monoisotopic (exact) mass is 439 g/mol. The smallest absolute Gasteiger partial charge is 0.0640 e. The van der Waals surface area contributed by atoms with E-state index in [2.05, 4.69) is 136 Å². The number of hydrogen-bond donors (Lipinski definition) is 0. The Bertz CT molecular complexity index is 1430. The van der Waals surface area contributed by atoms with Gasteiger partial charge in [-0.1, -0.05) is 77.9 Å². The molecule has 4 aromatic rings. The second-order valence-corrected chi connectivity index (χ2v) is 9.53. The third kappa shape index (κ3) is 2.67. The molecule has 2 aliphatic carbocycles. The second kappa shape index (κ2) is 7.60. The summed E-state index contributed by atoms with van der Waals surface area (Å²) in [5.41, 5.74) is 14.6. The highest BCUT2D eigenvalue weighted by Gasteiger charge is 2.49. The Morgan fingerprint density at radius 1 is 0.471 bits per heavy atom. The lowest BCUT2D eigenvalue weighted by Crippen LogP contribution is -2.27. The Morgan fingerprint density at radius 2 is 0.971 bits per heavy atom. The van der Waals surface area contributed by atoms with E-state index in [4.69, 9.17) is 0 Å². The zero-order chi connectivity index (χ0) is 23.4. The van der Waals surface area contributed by atoms with Crippen LogP contribution in [0.4, 0.5) is 17.1 Å². The fourth-order valence-electron chi connectivity index (χ4n) is 6.25. The molecule has 0 saturated heterocycles. The first-order chi connectivity index (χ1) is 16.5. The van der Waals surface area contributed by atoms with Crippen LogP contribution in [0.25, 0.3) is 11.1 Å². The maximum Gasteiger partial charge on any atom is 0.0640 e. The number of para-hydroxylation sites is 2. The highest BCUT2D eigenvalue weighted by molar-refractivity contribution is 5.93. The number of anilines is 3. The van der Waals surface area contributed by atoms with Gasteiger partial charge in [0.05, 0.1) is 5.41 Å². The van der Waals surface area contributed by atoms with Crippen LogP contribution in [0, 0.1) is 0 Å². The standard InChI is InChI=1S/C33H29N/c1-22-24(3)33(31-18-12-11-17-29(22)31)25(4)23(2)30-20-19-28(21-32(30)33)34(26-13-7-5-8-14-26)27-15-9-6-10-16-27/h5-21H,1-4H3. The van der Waals surface area contributed by atoms with E-state index in [1.165, 1.54) is 50.2 Å². The molecule has 0 heterocycles. The van der Waals surface area contributed by atoms with Crippen LogP contribution in [0.15, 0.2) is 114 Å². The average Bonchev–Trinajstić information content (AvgIpc) is 3.25. The van der Waals surface area contributed by atoms with Crippen molar-refractivity contribution in [3.63, 3.8) is 0 Å². The van der Waals surface area contributed by atoms with Crippen molar-refractivity contribution in [3.05, 3.63) is 137 Å². The molecule has 0 aliphatic heterocycles. The minimum atomic E-state index is -0.185. The van der Waals surface area contributed by atoms with Gasteiger partial charge >= 0.3 is 0 Å². The Kier molecular flexibility index (Phi) is 4.64. The fraction of sp³-hybridized carbons (Fsp3) is 0.152. The molecule has 6 rings (SSSR count). The Labute approximate surface area is 202 Å². The van der Waals surface area contributed by atoms with Crippen molar-refractivity contribution in [3.8, 4) is 0 Å². The molecule has 1 atom stereocenters. The van der Waals surface area contributed by atoms with Crippen LogP contribution in [0.2, 0.25) is 0 Å². The molecule has 0 bridgehead atoms. The van der Waals surface area contributed by atoms with Gasteiger partial charge < -0.3 is 4.90 Å². The number of benzene rings is 4. The molecule has 0 fully saturated rings. The topological polar surface area (TPSA) is 3.24 Å². The van der Waals surface area contributed by atoms with E-state index < -0.39 is 0 Å². The van der Waals surface area contributed by atoms with Crippen molar-refractivity contribution in [1.29, 1.82) is 0 Å². The van der Waals surface area contributed by atoms with E-state index >= 15 is 0 Å². The molecule has 34 heavy (non-hydrogen) atoms. The predicted octanol–water partition coefficient (Wildman–Crippen LogP) is 9.06. The minimum absolute atomic E-state index is 0.185. The van der Waals surface area contributed by atoms with Crippen LogP contribution >= 0.6 is 0 Å². The minimum Gasteiger partial charge on any atom is -0.310 e. The number of allylic oxidation sites excluding steroid dienone is 4. The largest absolute Gasteiger partial charge is 0.310 e. The summed E-state index contributed by atoms with van der Waals surface area (Å²) >= 11 is 0. The zero-order valence-corrected chi connectivity index (χ0v) is 20.3. The third-order valence-corrected chi connectivity index (χ3v) is 8.08. The molecule has 1 nitrogen and oxygen atoms in total. The lowest BCUT2D eigenvalue weighted by Gasteiger charge is -2.33. The van der Waals surface area contributed by atoms with Gasteiger partial charge in [-0.2, -0.15) is 0 Å². The van der Waals surface area contributed by atoms with Crippen molar-refractivity contribution in [1.82, 2.24) is 0 Å². The van der Waals surface area contributed by atoms with Crippen molar-refractivity contribution in [2.75, 3.05) is 4.90 Å². The molecule has 4 aromatic carbocycles. The first-order valence-corrected chi connectivity index (χ1v) is 12.1. The lowest BCUT2D eigenvalue weighted by atomic mass is 9.69. The SMILES string of the molecule is CC1=C(C)C2(C(C)=C(C)c3ccc(N(c4ccccc4)c4ccccc4)cc32)c2ccccc21. The fourth-order valence-corrected chi connectivity index (χ4v) is 6.25. The number of fused-ring (bicyclic) bond motifs is 4. The summed E-state index contributed by atoms with van der Waals surface area (Å²) in [7, 11) is 0. The van der Waals surface area contributed by atoms with Crippen LogP contribution in [-0.4, -0.2) is 0 Å². The average molecular weight is 440 g/mol. The molecular weight excluding hydrogens is 410 g/mol. The van der Waals surface area contributed by atoms with Crippen LogP contribution < -0.4 is 4.90 Å². The molecule has 0 radical (unpaired) electrons. The van der Waals surface area contributed by atoms with Gasteiger partial charge in [0, 0.05) is 17.1 Å². The lowest BCUT2D eigenvalue weighted by molar-refractivity contribution is 0.740. The van der Waals surface area contributed by atoms with E-state index in [9.17, 15) is 0 Å². The van der Waals surface area contributed by atoms with Crippen LogP contribution in [0.1, 0.15) is 49.9 Å². The van der Waals surface area contributed by atoms with Gasteiger partial charge in [-0.15, -0.1) is 0 Å². The first kappa shape index (κ1) is 20.7. The third-order valence-electron chi connectivity index (χ3n) is 8.08. The normalized spacial score (nSPS) is 18.5. The molecule has 0 amide bonds. The molecular formula is C33H29N. The van der Waals surface area contributed by atoms with Gasteiger partial charge in [0.25, 0.3) is 0 Å². The van der Waals surface area contributed by atoms with E-state index in [1.54, 1.807) is 0 Å². The molecule has 166 valence electrons. The molecule has 0 N–H and O–H groups in total. The summed E-state index contributed by atoms with van der Waals surface area (Å²) in [6.07, 6.45) is 0. The summed E-state index contributed by atoms with van der Waals surface area (Å²) in [5, 5.41) is 0. The predicted molar refractivity (Wildman–Crippen MR) is 145 cm³/mol. The van der Waals surface area contributed by atoms with Crippen molar-refractivity contribution in [2.45, 2.75) is 33.1 Å². The quantitative estimate of drug-likeness (QED) is 0.308. The zero-order valence-electron chi connectivity index (χ0n) is 20.3. The van der Waals surface area contributed by atoms with Gasteiger partial charge in [-0.25, -0.2) is 0 Å². The molecule has 1 heteroatoms. The van der Waals surface area contributed by atoms with E-state index in [0.29, 0.717) is 0 Å². The van der Waals surface area contributed by atoms with Gasteiger partial charge in [0.15, 0.2) is 0 Å². The van der Waals surface area contributed by atoms with E-state index in [-0.39, 0.29) is 5.41 Å². The Hall–Kier alpha value is -3.84. The first-order valence-electron chi connectivity index (χ1n) is 12.1. The summed E-state index contributed by atoms with van der Waals surface area (Å²) in [5.74, 6) is 0. The Balaban J connectivity index is 1.63. The van der Waals surface area contributed by atoms with E-state index in [0.717, 1.165) is 11.4 Å². The molecule has 2 aliphatic rings. The molecule has 0 saturated carbocycles. The van der Waals surface area contributed by atoms with Crippen LogP contribution in [-0.2, 0) is 5.41 Å². The number of nitrogens with zero attached hydrogens (tertiary/aromatic N) is 1. The van der Waals surface area contributed by atoms with Crippen LogP contribution in [0.3, 0.4) is 0 Å². The maximum absolute atomic E-state index is 2.44. The van der Waals surface area contributed by atoms with Gasteiger partial charge in [-0.3, -0.25) is 0 Å². The highest BCUT2D eigenvalue weighted by Crippen LogP contribution is 2.60. The second-order valence-electron chi connectivity index (χ2n) is 9.53. The number of hydrogen-bond acceptors (Lipinski definition) is 1.